The minimum Gasteiger partial charge on any atom is -0.457 e. The first-order valence-electron chi connectivity index (χ1n) is 6.31. The van der Waals surface area contributed by atoms with E-state index < -0.39 is 21.7 Å². The molecule has 2 aromatic rings. The first-order valence-corrected chi connectivity index (χ1v) is 8.20. The highest BCUT2D eigenvalue weighted by Gasteiger charge is 2.14. The predicted molar refractivity (Wildman–Crippen MR) is 78.6 cm³/mol. The maximum atomic E-state index is 13.8. The van der Waals surface area contributed by atoms with Gasteiger partial charge in [0.2, 0.25) is 0 Å². The average Bonchev–Trinajstić information content (AvgIpc) is 2.38. The Kier molecular flexibility index (Phi) is 4.29. The van der Waals surface area contributed by atoms with Crippen molar-refractivity contribution in [3.05, 3.63) is 53.8 Å². The molecule has 0 aliphatic carbocycles. The summed E-state index contributed by atoms with van der Waals surface area (Å²) in [6.45, 7) is 1.66. The lowest BCUT2D eigenvalue weighted by molar-refractivity contribution is 0.460. The van der Waals surface area contributed by atoms with Crippen LogP contribution in [0, 0.1) is 5.82 Å². The first kappa shape index (κ1) is 15.5. The van der Waals surface area contributed by atoms with E-state index in [-0.39, 0.29) is 10.5 Å². The van der Waals surface area contributed by atoms with Gasteiger partial charge in [-0.3, -0.25) is 0 Å². The van der Waals surface area contributed by atoms with Crippen molar-refractivity contribution < 1.29 is 17.5 Å². The van der Waals surface area contributed by atoms with Gasteiger partial charge < -0.3 is 10.5 Å². The Morgan fingerprint density at radius 1 is 1.14 bits per heavy atom. The van der Waals surface area contributed by atoms with Crippen LogP contribution in [0.4, 0.5) is 4.39 Å². The number of hydrogen-bond donors (Lipinski definition) is 1. The van der Waals surface area contributed by atoms with Gasteiger partial charge in [-0.15, -0.1) is 0 Å². The summed E-state index contributed by atoms with van der Waals surface area (Å²) in [5.41, 5.74) is 6.03. The van der Waals surface area contributed by atoms with Gasteiger partial charge in [0.05, 0.1) is 4.90 Å². The maximum Gasteiger partial charge on any atom is 0.175 e. The maximum absolute atomic E-state index is 13.8. The summed E-state index contributed by atoms with van der Waals surface area (Å²) in [6.07, 6.45) is 1.13. The Morgan fingerprint density at radius 3 is 2.29 bits per heavy atom. The van der Waals surface area contributed by atoms with Gasteiger partial charge in [0, 0.05) is 17.9 Å². The topological polar surface area (TPSA) is 69.4 Å². The van der Waals surface area contributed by atoms with E-state index in [1.54, 1.807) is 13.0 Å². The van der Waals surface area contributed by atoms with Gasteiger partial charge >= 0.3 is 0 Å². The molecule has 0 saturated heterocycles. The van der Waals surface area contributed by atoms with Crippen LogP contribution < -0.4 is 10.5 Å². The third-order valence-electron chi connectivity index (χ3n) is 2.95. The second-order valence-corrected chi connectivity index (χ2v) is 6.80. The van der Waals surface area contributed by atoms with Crippen molar-refractivity contribution >= 4 is 9.84 Å². The van der Waals surface area contributed by atoms with E-state index >= 15 is 0 Å². The molecule has 4 nitrogen and oxygen atoms in total. The van der Waals surface area contributed by atoms with Gasteiger partial charge in [0.25, 0.3) is 0 Å². The Balaban J connectivity index is 2.33. The number of nitrogens with two attached hydrogens (primary N) is 1. The fourth-order valence-electron chi connectivity index (χ4n) is 1.93. The van der Waals surface area contributed by atoms with Gasteiger partial charge in [-0.2, -0.15) is 0 Å². The summed E-state index contributed by atoms with van der Waals surface area (Å²) < 4.78 is 42.2. The Labute approximate surface area is 123 Å². The van der Waals surface area contributed by atoms with Crippen molar-refractivity contribution in [3.8, 4) is 11.5 Å². The molecular weight excluding hydrogens is 293 g/mol. The Hall–Kier alpha value is -1.92. The SMILES string of the molecule is CC(N)c1c(F)cccc1Oc1ccc(S(C)(=O)=O)cc1. The van der Waals surface area contributed by atoms with E-state index in [1.807, 2.05) is 0 Å². The van der Waals surface area contributed by atoms with Gasteiger partial charge in [-0.1, -0.05) is 6.07 Å². The molecule has 0 aliphatic heterocycles. The smallest absolute Gasteiger partial charge is 0.175 e. The number of halogens is 1. The molecule has 2 rings (SSSR count). The average molecular weight is 309 g/mol. The van der Waals surface area contributed by atoms with Crippen molar-refractivity contribution in [2.45, 2.75) is 17.9 Å². The van der Waals surface area contributed by atoms with Crippen molar-refractivity contribution in [2.24, 2.45) is 5.73 Å². The number of hydrogen-bond acceptors (Lipinski definition) is 4. The zero-order valence-corrected chi connectivity index (χ0v) is 12.5. The Bertz CT molecular complexity index is 740. The molecule has 1 atom stereocenters. The molecule has 112 valence electrons. The lowest BCUT2D eigenvalue weighted by atomic mass is 10.1. The minimum absolute atomic E-state index is 0.196. The second kappa shape index (κ2) is 5.83. The summed E-state index contributed by atoms with van der Waals surface area (Å²) in [4.78, 5) is 0.196. The third-order valence-corrected chi connectivity index (χ3v) is 4.08. The number of rotatable bonds is 4. The van der Waals surface area contributed by atoms with Crippen LogP contribution in [0.3, 0.4) is 0 Å². The van der Waals surface area contributed by atoms with Crippen LogP contribution in [0.25, 0.3) is 0 Å². The van der Waals surface area contributed by atoms with Gasteiger partial charge in [-0.25, -0.2) is 12.8 Å². The number of sulfone groups is 1. The second-order valence-electron chi connectivity index (χ2n) is 4.79. The molecule has 0 saturated carbocycles. The van der Waals surface area contributed by atoms with E-state index in [2.05, 4.69) is 0 Å². The van der Waals surface area contributed by atoms with E-state index in [1.165, 1.54) is 36.4 Å². The summed E-state index contributed by atoms with van der Waals surface area (Å²) in [6, 6.07) is 9.87. The van der Waals surface area contributed by atoms with Crippen molar-refractivity contribution in [1.82, 2.24) is 0 Å². The zero-order valence-electron chi connectivity index (χ0n) is 11.7. The molecular formula is C15H16FNO3S. The van der Waals surface area contributed by atoms with Crippen LogP contribution in [-0.4, -0.2) is 14.7 Å². The fourth-order valence-corrected chi connectivity index (χ4v) is 2.56. The highest BCUT2D eigenvalue weighted by molar-refractivity contribution is 7.90. The highest BCUT2D eigenvalue weighted by Crippen LogP contribution is 2.31. The van der Waals surface area contributed by atoms with Crippen molar-refractivity contribution in [2.75, 3.05) is 6.26 Å². The molecule has 0 heterocycles. The quantitative estimate of drug-likeness (QED) is 0.942. The molecule has 2 aromatic carbocycles. The molecule has 2 N–H and O–H groups in total. The van der Waals surface area contributed by atoms with Gasteiger partial charge in [0.15, 0.2) is 9.84 Å². The van der Waals surface area contributed by atoms with Crippen LogP contribution in [0.1, 0.15) is 18.5 Å². The van der Waals surface area contributed by atoms with E-state index in [0.717, 1.165) is 6.26 Å². The molecule has 0 aliphatic rings. The van der Waals surface area contributed by atoms with Crippen molar-refractivity contribution in [1.29, 1.82) is 0 Å². The van der Waals surface area contributed by atoms with Crippen LogP contribution in [0.15, 0.2) is 47.4 Å². The summed E-state index contributed by atoms with van der Waals surface area (Å²) in [5, 5.41) is 0. The molecule has 6 heteroatoms. The van der Waals surface area contributed by atoms with Crippen LogP contribution in [-0.2, 0) is 9.84 Å². The molecule has 21 heavy (non-hydrogen) atoms. The van der Waals surface area contributed by atoms with E-state index in [0.29, 0.717) is 11.5 Å². The molecule has 0 spiro atoms. The standard InChI is InChI=1S/C15H16FNO3S/c1-10(17)15-13(16)4-3-5-14(15)20-11-6-8-12(9-7-11)21(2,18)19/h3-10H,17H2,1-2H3. The van der Waals surface area contributed by atoms with Gasteiger partial charge in [-0.05, 0) is 43.3 Å². The largest absolute Gasteiger partial charge is 0.457 e. The molecule has 1 unspecified atom stereocenters. The zero-order chi connectivity index (χ0) is 15.6. The number of ether oxygens (including phenoxy) is 1. The summed E-state index contributed by atoms with van der Waals surface area (Å²) in [7, 11) is -3.26. The first-order chi connectivity index (χ1) is 9.79. The molecule has 0 bridgehead atoms. The Morgan fingerprint density at radius 2 is 1.76 bits per heavy atom. The minimum atomic E-state index is -3.26. The molecule has 0 fully saturated rings. The predicted octanol–water partition coefficient (Wildman–Crippen LogP) is 3.04. The molecule has 0 amide bonds. The lowest BCUT2D eigenvalue weighted by Gasteiger charge is -2.14. The van der Waals surface area contributed by atoms with Crippen LogP contribution in [0.5, 0.6) is 11.5 Å². The third kappa shape index (κ3) is 3.59. The fraction of sp³-hybridized carbons (Fsp3) is 0.200. The monoisotopic (exact) mass is 309 g/mol. The molecule has 0 aromatic heterocycles. The van der Waals surface area contributed by atoms with Crippen LogP contribution in [0.2, 0.25) is 0 Å². The highest BCUT2D eigenvalue weighted by atomic mass is 32.2. The normalized spacial score (nSPS) is 13.0. The summed E-state index contributed by atoms with van der Waals surface area (Å²) in [5.74, 6) is 0.294. The van der Waals surface area contributed by atoms with E-state index in [9.17, 15) is 12.8 Å². The summed E-state index contributed by atoms with van der Waals surface area (Å²) >= 11 is 0. The van der Waals surface area contributed by atoms with Crippen molar-refractivity contribution in [3.63, 3.8) is 0 Å². The van der Waals surface area contributed by atoms with Crippen LogP contribution >= 0.6 is 0 Å². The molecule has 0 radical (unpaired) electrons. The van der Waals surface area contributed by atoms with Gasteiger partial charge in [0.1, 0.15) is 17.3 Å². The lowest BCUT2D eigenvalue weighted by Crippen LogP contribution is -2.09. The van der Waals surface area contributed by atoms with E-state index in [4.69, 9.17) is 10.5 Å². The number of benzene rings is 2.